The minimum absolute atomic E-state index is 0.0921. The molecule has 0 bridgehead atoms. The fourth-order valence-corrected chi connectivity index (χ4v) is 3.10. The maximum Gasteiger partial charge on any atom is 0.243 e. The summed E-state index contributed by atoms with van der Waals surface area (Å²) in [6.07, 6.45) is 0.654. The quantitative estimate of drug-likeness (QED) is 0.865. The highest BCUT2D eigenvalue weighted by Crippen LogP contribution is 2.18. The zero-order valence-electron chi connectivity index (χ0n) is 10.6. The Bertz CT molecular complexity index is 471. The van der Waals surface area contributed by atoms with Crippen LogP contribution >= 0.6 is 0 Å². The van der Waals surface area contributed by atoms with Gasteiger partial charge in [-0.05, 0) is 44.5 Å². The summed E-state index contributed by atoms with van der Waals surface area (Å²) < 4.78 is 26.0. The average molecular weight is 256 g/mol. The largest absolute Gasteiger partial charge is 0.330 e. The predicted molar refractivity (Wildman–Crippen MR) is 69.3 cm³/mol. The summed E-state index contributed by atoms with van der Waals surface area (Å²) in [4.78, 5) is 0.337. The molecule has 0 radical (unpaired) electrons. The van der Waals surface area contributed by atoms with Crippen LogP contribution < -0.4 is 5.73 Å². The second-order valence-electron chi connectivity index (χ2n) is 4.26. The molecule has 4 nitrogen and oxygen atoms in total. The van der Waals surface area contributed by atoms with E-state index in [1.54, 1.807) is 25.2 Å². The second-order valence-corrected chi connectivity index (χ2v) is 6.26. The van der Waals surface area contributed by atoms with Gasteiger partial charge in [0.15, 0.2) is 0 Å². The van der Waals surface area contributed by atoms with Crippen molar-refractivity contribution >= 4 is 10.0 Å². The van der Waals surface area contributed by atoms with E-state index in [9.17, 15) is 8.42 Å². The van der Waals surface area contributed by atoms with E-state index in [0.717, 1.165) is 5.56 Å². The van der Waals surface area contributed by atoms with Crippen molar-refractivity contribution in [1.29, 1.82) is 0 Å². The average Bonchev–Trinajstić information content (AvgIpc) is 2.28. The molecule has 1 aromatic rings. The van der Waals surface area contributed by atoms with Crippen LogP contribution in [0.5, 0.6) is 0 Å². The van der Waals surface area contributed by atoms with E-state index < -0.39 is 10.0 Å². The van der Waals surface area contributed by atoms with Crippen LogP contribution in [0.3, 0.4) is 0 Å². The smallest absolute Gasteiger partial charge is 0.243 e. The molecular formula is C12H20N2O2S. The number of sulfonamides is 1. The van der Waals surface area contributed by atoms with Crippen LogP contribution in [0.2, 0.25) is 0 Å². The molecule has 5 heteroatoms. The molecule has 96 valence electrons. The lowest BCUT2D eigenvalue weighted by Gasteiger charge is -2.24. The van der Waals surface area contributed by atoms with E-state index in [0.29, 0.717) is 17.9 Å². The van der Waals surface area contributed by atoms with Gasteiger partial charge in [0.05, 0.1) is 4.90 Å². The predicted octanol–water partition coefficient (Wildman–Crippen LogP) is 1.35. The number of hydrogen-bond donors (Lipinski definition) is 1. The van der Waals surface area contributed by atoms with Crippen molar-refractivity contribution in [3.05, 3.63) is 29.8 Å². The van der Waals surface area contributed by atoms with Crippen molar-refractivity contribution < 1.29 is 8.42 Å². The van der Waals surface area contributed by atoms with Crippen molar-refractivity contribution in [2.75, 3.05) is 13.6 Å². The first-order valence-corrected chi connectivity index (χ1v) is 7.08. The minimum atomic E-state index is -3.41. The summed E-state index contributed by atoms with van der Waals surface area (Å²) in [5.74, 6) is 0. The van der Waals surface area contributed by atoms with Gasteiger partial charge in [-0.25, -0.2) is 8.42 Å². The van der Waals surface area contributed by atoms with Crippen molar-refractivity contribution in [2.24, 2.45) is 5.73 Å². The van der Waals surface area contributed by atoms with E-state index in [4.69, 9.17) is 5.73 Å². The highest BCUT2D eigenvalue weighted by atomic mass is 32.2. The highest BCUT2D eigenvalue weighted by Gasteiger charge is 2.24. The molecule has 0 aromatic heterocycles. The third kappa shape index (κ3) is 3.28. The normalized spacial score (nSPS) is 13.9. The molecule has 0 aliphatic heterocycles. The molecule has 0 saturated heterocycles. The SMILES string of the molecule is Cc1cccc(S(=O)(=O)N(C)C(C)CCN)c1. The number of nitrogens with zero attached hydrogens (tertiary/aromatic N) is 1. The summed E-state index contributed by atoms with van der Waals surface area (Å²) in [7, 11) is -1.81. The summed E-state index contributed by atoms with van der Waals surface area (Å²) in [6.45, 7) is 4.22. The summed E-state index contributed by atoms with van der Waals surface area (Å²) in [6, 6.07) is 6.84. The van der Waals surface area contributed by atoms with Gasteiger partial charge in [-0.1, -0.05) is 12.1 Å². The Kier molecular flexibility index (Phi) is 4.68. The van der Waals surface area contributed by atoms with E-state index >= 15 is 0 Å². The van der Waals surface area contributed by atoms with Gasteiger partial charge in [0.25, 0.3) is 0 Å². The fraction of sp³-hybridized carbons (Fsp3) is 0.500. The lowest BCUT2D eigenvalue weighted by Crippen LogP contribution is -2.36. The first-order valence-electron chi connectivity index (χ1n) is 5.64. The lowest BCUT2D eigenvalue weighted by molar-refractivity contribution is 0.374. The standard InChI is InChI=1S/C12H20N2O2S/c1-10-5-4-6-12(9-10)17(15,16)14(3)11(2)7-8-13/h4-6,9,11H,7-8,13H2,1-3H3. The molecule has 1 aromatic carbocycles. The van der Waals surface area contributed by atoms with Crippen LogP contribution in [-0.2, 0) is 10.0 Å². The molecule has 0 saturated carbocycles. The van der Waals surface area contributed by atoms with Crippen molar-refractivity contribution in [3.8, 4) is 0 Å². The van der Waals surface area contributed by atoms with Crippen LogP contribution in [-0.4, -0.2) is 32.4 Å². The topological polar surface area (TPSA) is 63.4 Å². The number of rotatable bonds is 5. The molecule has 0 spiro atoms. The summed E-state index contributed by atoms with van der Waals surface area (Å²) >= 11 is 0. The second kappa shape index (κ2) is 5.62. The molecule has 2 N–H and O–H groups in total. The third-order valence-electron chi connectivity index (χ3n) is 2.87. The third-order valence-corrected chi connectivity index (χ3v) is 4.84. The van der Waals surface area contributed by atoms with Gasteiger partial charge in [-0.2, -0.15) is 4.31 Å². The number of aryl methyl sites for hydroxylation is 1. The Morgan fingerprint density at radius 1 is 1.41 bits per heavy atom. The van der Waals surface area contributed by atoms with Crippen LogP contribution in [0.4, 0.5) is 0 Å². The molecule has 0 amide bonds. The van der Waals surface area contributed by atoms with E-state index in [-0.39, 0.29) is 6.04 Å². The Hall–Kier alpha value is -0.910. The number of hydrogen-bond acceptors (Lipinski definition) is 3. The number of nitrogens with two attached hydrogens (primary N) is 1. The maximum absolute atomic E-state index is 12.3. The molecule has 0 aliphatic carbocycles. The fourth-order valence-electron chi connectivity index (χ4n) is 1.60. The lowest BCUT2D eigenvalue weighted by atomic mass is 10.2. The summed E-state index contributed by atoms with van der Waals surface area (Å²) in [5.41, 5.74) is 6.39. The Labute approximate surface area is 103 Å². The first-order chi connectivity index (χ1) is 7.89. The van der Waals surface area contributed by atoms with E-state index in [1.807, 2.05) is 19.9 Å². The van der Waals surface area contributed by atoms with Gasteiger partial charge in [-0.3, -0.25) is 0 Å². The molecule has 17 heavy (non-hydrogen) atoms. The molecule has 1 atom stereocenters. The van der Waals surface area contributed by atoms with Gasteiger partial charge in [0.2, 0.25) is 10.0 Å². The van der Waals surface area contributed by atoms with Crippen LogP contribution in [0.1, 0.15) is 18.9 Å². The maximum atomic E-state index is 12.3. The van der Waals surface area contributed by atoms with Gasteiger partial charge >= 0.3 is 0 Å². The Balaban J connectivity index is 3.03. The molecule has 0 heterocycles. The zero-order valence-corrected chi connectivity index (χ0v) is 11.4. The van der Waals surface area contributed by atoms with Crippen LogP contribution in [0, 0.1) is 6.92 Å². The minimum Gasteiger partial charge on any atom is -0.330 e. The van der Waals surface area contributed by atoms with E-state index in [2.05, 4.69) is 0 Å². The molecular weight excluding hydrogens is 236 g/mol. The monoisotopic (exact) mass is 256 g/mol. The Morgan fingerprint density at radius 3 is 2.59 bits per heavy atom. The highest BCUT2D eigenvalue weighted by molar-refractivity contribution is 7.89. The van der Waals surface area contributed by atoms with Crippen molar-refractivity contribution in [2.45, 2.75) is 31.2 Å². The summed E-state index contributed by atoms with van der Waals surface area (Å²) in [5, 5.41) is 0. The van der Waals surface area contributed by atoms with Crippen molar-refractivity contribution in [1.82, 2.24) is 4.31 Å². The van der Waals surface area contributed by atoms with Crippen LogP contribution in [0.15, 0.2) is 29.2 Å². The Morgan fingerprint density at radius 2 is 2.06 bits per heavy atom. The van der Waals surface area contributed by atoms with Gasteiger partial charge in [0, 0.05) is 13.1 Å². The van der Waals surface area contributed by atoms with E-state index in [1.165, 1.54) is 4.31 Å². The van der Waals surface area contributed by atoms with Gasteiger partial charge in [0.1, 0.15) is 0 Å². The van der Waals surface area contributed by atoms with Gasteiger partial charge < -0.3 is 5.73 Å². The first kappa shape index (κ1) is 14.2. The number of benzene rings is 1. The molecule has 1 rings (SSSR count). The molecule has 0 aliphatic rings. The molecule has 1 unspecified atom stereocenters. The van der Waals surface area contributed by atoms with Crippen LogP contribution in [0.25, 0.3) is 0 Å². The molecule has 0 fully saturated rings. The van der Waals surface area contributed by atoms with Crippen molar-refractivity contribution in [3.63, 3.8) is 0 Å². The zero-order chi connectivity index (χ0) is 13.1. The van der Waals surface area contributed by atoms with Gasteiger partial charge in [-0.15, -0.1) is 0 Å².